The van der Waals surface area contributed by atoms with Crippen LogP contribution in [0.2, 0.25) is 0 Å². The van der Waals surface area contributed by atoms with Crippen LogP contribution in [0.4, 0.5) is 0 Å². The molecule has 2 N–H and O–H groups in total. The summed E-state index contributed by atoms with van der Waals surface area (Å²) in [7, 11) is 0. The summed E-state index contributed by atoms with van der Waals surface area (Å²) < 4.78 is 0. The van der Waals surface area contributed by atoms with Crippen LogP contribution < -0.4 is 10.6 Å². The Hall–Kier alpha value is -1.84. The quantitative estimate of drug-likeness (QED) is 0.891. The maximum atomic E-state index is 12.8. The normalized spacial score (nSPS) is 24.4. The lowest BCUT2D eigenvalue weighted by atomic mass is 9.63. The number of amides is 2. The molecule has 2 aliphatic rings. The number of nitrogens with one attached hydrogen (secondary N) is 2. The van der Waals surface area contributed by atoms with Crippen molar-refractivity contribution >= 4 is 11.8 Å². The van der Waals surface area contributed by atoms with Crippen molar-refractivity contribution in [3.05, 3.63) is 35.9 Å². The van der Waals surface area contributed by atoms with Gasteiger partial charge in [-0.15, -0.1) is 0 Å². The van der Waals surface area contributed by atoms with E-state index in [9.17, 15) is 9.59 Å². The minimum atomic E-state index is -0.423. The highest BCUT2D eigenvalue weighted by Crippen LogP contribution is 2.44. The first-order valence-electron chi connectivity index (χ1n) is 7.87. The Morgan fingerprint density at radius 3 is 2.57 bits per heavy atom. The molecule has 1 unspecified atom stereocenters. The van der Waals surface area contributed by atoms with Crippen LogP contribution in [0.3, 0.4) is 0 Å². The molecular formula is C17H22N2O2. The van der Waals surface area contributed by atoms with Crippen molar-refractivity contribution in [2.75, 3.05) is 6.54 Å². The summed E-state index contributed by atoms with van der Waals surface area (Å²) in [6.45, 7) is 0.717. The van der Waals surface area contributed by atoms with Crippen LogP contribution >= 0.6 is 0 Å². The van der Waals surface area contributed by atoms with Crippen LogP contribution in [-0.4, -0.2) is 24.4 Å². The average molecular weight is 286 g/mol. The Kier molecular flexibility index (Phi) is 3.95. The lowest BCUT2D eigenvalue weighted by molar-refractivity contribution is -0.134. The van der Waals surface area contributed by atoms with Crippen LogP contribution in [0.1, 0.15) is 44.1 Å². The van der Waals surface area contributed by atoms with Gasteiger partial charge in [0.25, 0.3) is 0 Å². The lowest BCUT2D eigenvalue weighted by Crippen LogP contribution is -2.55. The maximum absolute atomic E-state index is 12.8. The third kappa shape index (κ3) is 2.67. The van der Waals surface area contributed by atoms with E-state index in [1.54, 1.807) is 0 Å². The molecule has 0 spiro atoms. The average Bonchev–Trinajstić information content (AvgIpc) is 2.64. The minimum Gasteiger partial charge on any atom is -0.354 e. The van der Waals surface area contributed by atoms with Crippen LogP contribution in [0.15, 0.2) is 30.3 Å². The Bertz CT molecular complexity index is 523. The summed E-state index contributed by atoms with van der Waals surface area (Å²) in [5, 5.41) is 5.87. The molecule has 2 fully saturated rings. The smallest absolute Gasteiger partial charge is 0.242 e. The van der Waals surface area contributed by atoms with Gasteiger partial charge in [-0.3, -0.25) is 9.59 Å². The van der Waals surface area contributed by atoms with Crippen LogP contribution in [0, 0.1) is 0 Å². The number of carbonyl (C=O) groups excluding carboxylic acids is 2. The SMILES string of the molecule is O=C1NCCCCC1NC(=O)C1(c2ccccc2)CCC1. The van der Waals surface area contributed by atoms with Gasteiger partial charge in [-0.05, 0) is 37.7 Å². The largest absolute Gasteiger partial charge is 0.354 e. The van der Waals surface area contributed by atoms with E-state index in [-0.39, 0.29) is 17.9 Å². The molecule has 2 amide bonds. The summed E-state index contributed by atoms with van der Waals surface area (Å²) in [6, 6.07) is 9.58. The minimum absolute atomic E-state index is 0.0157. The van der Waals surface area contributed by atoms with E-state index in [1.807, 2.05) is 30.3 Å². The molecule has 0 bridgehead atoms. The molecule has 1 aliphatic heterocycles. The number of hydrogen-bond donors (Lipinski definition) is 2. The van der Waals surface area contributed by atoms with E-state index in [0.29, 0.717) is 0 Å². The first-order chi connectivity index (χ1) is 10.2. The van der Waals surface area contributed by atoms with Crippen LogP contribution in [0.5, 0.6) is 0 Å². The van der Waals surface area contributed by atoms with E-state index in [1.165, 1.54) is 0 Å². The Morgan fingerprint density at radius 1 is 1.14 bits per heavy atom. The molecular weight excluding hydrogens is 264 g/mol. The number of benzene rings is 1. The van der Waals surface area contributed by atoms with Gasteiger partial charge in [0.05, 0.1) is 5.41 Å². The van der Waals surface area contributed by atoms with Crippen LogP contribution in [0.25, 0.3) is 0 Å². The third-order valence-electron chi connectivity index (χ3n) is 4.81. The number of carbonyl (C=O) groups is 2. The predicted octanol–water partition coefficient (Wildman–Crippen LogP) is 1.89. The molecule has 4 heteroatoms. The van der Waals surface area contributed by atoms with E-state index in [2.05, 4.69) is 10.6 Å². The third-order valence-corrected chi connectivity index (χ3v) is 4.81. The van der Waals surface area contributed by atoms with Crippen molar-refractivity contribution in [2.24, 2.45) is 0 Å². The summed E-state index contributed by atoms with van der Waals surface area (Å²) >= 11 is 0. The first-order valence-corrected chi connectivity index (χ1v) is 7.87. The fourth-order valence-corrected chi connectivity index (χ4v) is 3.31. The van der Waals surface area contributed by atoms with Crippen molar-refractivity contribution in [1.82, 2.24) is 10.6 Å². The monoisotopic (exact) mass is 286 g/mol. The molecule has 0 radical (unpaired) electrons. The van der Waals surface area contributed by atoms with Crippen molar-refractivity contribution in [1.29, 1.82) is 0 Å². The van der Waals surface area contributed by atoms with Gasteiger partial charge in [0, 0.05) is 6.54 Å². The lowest BCUT2D eigenvalue weighted by Gasteiger charge is -2.41. The molecule has 112 valence electrons. The highest BCUT2D eigenvalue weighted by molar-refractivity contribution is 5.93. The summed E-state index contributed by atoms with van der Waals surface area (Å²) in [6.07, 6.45) is 5.51. The van der Waals surface area contributed by atoms with Gasteiger partial charge in [-0.25, -0.2) is 0 Å². The molecule has 1 aliphatic carbocycles. The topological polar surface area (TPSA) is 58.2 Å². The van der Waals surface area contributed by atoms with Gasteiger partial charge < -0.3 is 10.6 Å². The molecule has 1 atom stereocenters. The highest BCUT2D eigenvalue weighted by atomic mass is 16.2. The molecule has 21 heavy (non-hydrogen) atoms. The molecule has 1 saturated heterocycles. The van der Waals surface area contributed by atoms with Gasteiger partial charge in [0.2, 0.25) is 11.8 Å². The second-order valence-electron chi connectivity index (χ2n) is 6.11. The second kappa shape index (κ2) is 5.88. The number of rotatable bonds is 3. The maximum Gasteiger partial charge on any atom is 0.242 e. The molecule has 0 aromatic heterocycles. The molecule has 4 nitrogen and oxygen atoms in total. The summed E-state index contributed by atoms with van der Waals surface area (Å²) in [5.74, 6) is -0.0228. The fourth-order valence-electron chi connectivity index (χ4n) is 3.31. The van der Waals surface area contributed by atoms with E-state index in [0.717, 1.165) is 50.6 Å². The van der Waals surface area contributed by atoms with Crippen molar-refractivity contribution in [3.63, 3.8) is 0 Å². The van der Waals surface area contributed by atoms with Crippen LogP contribution in [-0.2, 0) is 15.0 Å². The summed E-state index contributed by atoms with van der Waals surface area (Å²) in [4.78, 5) is 24.8. The number of hydrogen-bond acceptors (Lipinski definition) is 2. The van der Waals surface area contributed by atoms with E-state index >= 15 is 0 Å². The van der Waals surface area contributed by atoms with E-state index in [4.69, 9.17) is 0 Å². The van der Waals surface area contributed by atoms with Gasteiger partial charge in [0.15, 0.2) is 0 Å². The Labute approximate surface area is 125 Å². The second-order valence-corrected chi connectivity index (χ2v) is 6.11. The summed E-state index contributed by atoms with van der Waals surface area (Å²) in [5.41, 5.74) is 0.649. The molecule has 3 rings (SSSR count). The van der Waals surface area contributed by atoms with Crippen molar-refractivity contribution in [2.45, 2.75) is 50.0 Å². The molecule has 1 saturated carbocycles. The first kappa shape index (κ1) is 14.1. The zero-order chi connectivity index (χ0) is 14.7. The van der Waals surface area contributed by atoms with Gasteiger partial charge in [-0.1, -0.05) is 36.8 Å². The predicted molar refractivity (Wildman–Crippen MR) is 80.8 cm³/mol. The van der Waals surface area contributed by atoms with Gasteiger partial charge >= 0.3 is 0 Å². The molecule has 1 aromatic carbocycles. The Balaban J connectivity index is 1.75. The van der Waals surface area contributed by atoms with Crippen molar-refractivity contribution < 1.29 is 9.59 Å². The van der Waals surface area contributed by atoms with Gasteiger partial charge in [-0.2, -0.15) is 0 Å². The highest BCUT2D eigenvalue weighted by Gasteiger charge is 2.46. The standard InChI is InChI=1S/C17H22N2O2/c20-15-14(9-4-5-12-18-15)19-16(21)17(10-6-11-17)13-7-2-1-3-8-13/h1-3,7-8,14H,4-6,9-12H2,(H,18,20)(H,19,21). The molecule has 1 aromatic rings. The van der Waals surface area contributed by atoms with Gasteiger partial charge in [0.1, 0.15) is 6.04 Å². The van der Waals surface area contributed by atoms with E-state index < -0.39 is 5.41 Å². The fraction of sp³-hybridized carbons (Fsp3) is 0.529. The zero-order valence-corrected chi connectivity index (χ0v) is 12.2. The van der Waals surface area contributed by atoms with Crippen molar-refractivity contribution in [3.8, 4) is 0 Å². The molecule has 1 heterocycles. The Morgan fingerprint density at radius 2 is 1.90 bits per heavy atom. The zero-order valence-electron chi connectivity index (χ0n) is 12.2.